The van der Waals surface area contributed by atoms with E-state index in [4.69, 9.17) is 14.6 Å². The molecule has 0 aliphatic heterocycles. The highest BCUT2D eigenvalue weighted by atomic mass is 16.5. The van der Waals surface area contributed by atoms with Gasteiger partial charge in [0.25, 0.3) is 0 Å². The molecule has 2 aromatic rings. The first kappa shape index (κ1) is 24.4. The van der Waals surface area contributed by atoms with Crippen LogP contribution in [0.4, 0.5) is 0 Å². The number of aliphatic hydroxyl groups is 1. The Morgan fingerprint density at radius 1 is 0.839 bits per heavy atom. The number of aliphatic hydroxyl groups excluding tert-OH is 1. The second-order valence-electron chi connectivity index (χ2n) is 7.25. The number of esters is 1. The largest absolute Gasteiger partial charge is 0.494 e. The van der Waals surface area contributed by atoms with Gasteiger partial charge in [0.05, 0.1) is 13.2 Å². The van der Waals surface area contributed by atoms with Crippen molar-refractivity contribution in [3.63, 3.8) is 0 Å². The highest BCUT2D eigenvalue weighted by Gasteiger charge is 2.09. The van der Waals surface area contributed by atoms with Crippen molar-refractivity contribution >= 4 is 17.8 Å². The van der Waals surface area contributed by atoms with Crippen LogP contribution in [0, 0.1) is 0 Å². The van der Waals surface area contributed by atoms with Crippen LogP contribution in [-0.2, 0) is 9.53 Å². The number of benzene rings is 2. The Hall–Kier alpha value is -2.92. The van der Waals surface area contributed by atoms with Crippen LogP contribution in [0.3, 0.4) is 0 Å². The molecule has 0 amide bonds. The molecule has 2 aromatic carbocycles. The number of unbranched alkanes of at least 4 members (excludes halogenated alkanes) is 5. The summed E-state index contributed by atoms with van der Waals surface area (Å²) in [5, 5.41) is 8.76. The highest BCUT2D eigenvalue weighted by molar-refractivity contribution is 6.09. The van der Waals surface area contributed by atoms with Crippen LogP contribution in [0.5, 0.6) is 5.75 Å². The quantitative estimate of drug-likeness (QED) is 0.195. The molecule has 31 heavy (non-hydrogen) atoms. The number of hydrogen-bond donors (Lipinski definition) is 1. The van der Waals surface area contributed by atoms with Gasteiger partial charge in [-0.1, -0.05) is 49.9 Å². The Morgan fingerprint density at radius 3 is 2.03 bits per heavy atom. The minimum absolute atomic E-state index is 0.0599. The SMILES string of the molecule is CCOC(=O)C=Cc1ccc(C(=O)c2ccc(OCCCCCCCCO)cc2)cc1. The van der Waals surface area contributed by atoms with Crippen LogP contribution in [-0.4, -0.2) is 36.7 Å². The lowest BCUT2D eigenvalue weighted by Crippen LogP contribution is -2.02. The lowest BCUT2D eigenvalue weighted by atomic mass is 10.0. The van der Waals surface area contributed by atoms with E-state index in [9.17, 15) is 9.59 Å². The Balaban J connectivity index is 1.79. The van der Waals surface area contributed by atoms with Gasteiger partial charge in [0.1, 0.15) is 5.75 Å². The molecule has 2 rings (SSSR count). The van der Waals surface area contributed by atoms with E-state index in [0.29, 0.717) is 24.3 Å². The number of ether oxygens (including phenoxy) is 2. The normalized spacial score (nSPS) is 10.9. The number of carbonyl (C=O) groups is 2. The minimum atomic E-state index is -0.386. The van der Waals surface area contributed by atoms with E-state index in [1.165, 1.54) is 6.08 Å². The first-order valence-electron chi connectivity index (χ1n) is 11.0. The van der Waals surface area contributed by atoms with Crippen molar-refractivity contribution < 1.29 is 24.2 Å². The van der Waals surface area contributed by atoms with Crippen molar-refractivity contribution in [2.45, 2.75) is 45.4 Å². The molecule has 0 bridgehead atoms. The summed E-state index contributed by atoms with van der Waals surface area (Å²) in [6.07, 6.45) is 9.43. The van der Waals surface area contributed by atoms with Crippen molar-refractivity contribution in [2.24, 2.45) is 0 Å². The van der Waals surface area contributed by atoms with Gasteiger partial charge in [-0.2, -0.15) is 0 Å². The van der Waals surface area contributed by atoms with Crippen LogP contribution < -0.4 is 4.74 Å². The molecule has 0 aliphatic carbocycles. The van der Waals surface area contributed by atoms with Gasteiger partial charge in [0, 0.05) is 23.8 Å². The van der Waals surface area contributed by atoms with Gasteiger partial charge in [-0.3, -0.25) is 4.79 Å². The van der Waals surface area contributed by atoms with E-state index in [2.05, 4.69) is 0 Å². The zero-order valence-corrected chi connectivity index (χ0v) is 18.2. The van der Waals surface area contributed by atoms with Crippen LogP contribution in [0.1, 0.15) is 66.9 Å². The van der Waals surface area contributed by atoms with Gasteiger partial charge in [-0.15, -0.1) is 0 Å². The monoisotopic (exact) mass is 424 g/mol. The molecule has 0 fully saturated rings. The van der Waals surface area contributed by atoms with Gasteiger partial charge in [-0.25, -0.2) is 4.79 Å². The van der Waals surface area contributed by atoms with Crippen LogP contribution in [0.25, 0.3) is 6.08 Å². The first-order valence-corrected chi connectivity index (χ1v) is 11.0. The van der Waals surface area contributed by atoms with Crippen molar-refractivity contribution in [3.05, 3.63) is 71.3 Å². The maximum atomic E-state index is 12.7. The van der Waals surface area contributed by atoms with Crippen molar-refractivity contribution in [2.75, 3.05) is 19.8 Å². The van der Waals surface area contributed by atoms with E-state index in [1.807, 2.05) is 12.1 Å². The minimum Gasteiger partial charge on any atom is -0.494 e. The molecular weight excluding hydrogens is 392 g/mol. The molecule has 5 heteroatoms. The summed E-state index contributed by atoms with van der Waals surface area (Å²) < 4.78 is 10.6. The molecule has 1 N–H and O–H groups in total. The molecule has 0 heterocycles. The maximum absolute atomic E-state index is 12.7. The van der Waals surface area contributed by atoms with E-state index in [0.717, 1.165) is 49.8 Å². The lowest BCUT2D eigenvalue weighted by Gasteiger charge is -2.07. The second kappa shape index (κ2) is 14.1. The molecule has 0 unspecified atom stereocenters. The molecule has 0 spiro atoms. The Bertz CT molecular complexity index is 822. The number of carbonyl (C=O) groups excluding carboxylic acids is 2. The number of hydrogen-bond acceptors (Lipinski definition) is 5. The lowest BCUT2D eigenvalue weighted by molar-refractivity contribution is -0.137. The number of ketones is 1. The maximum Gasteiger partial charge on any atom is 0.330 e. The third kappa shape index (κ3) is 9.18. The van der Waals surface area contributed by atoms with E-state index >= 15 is 0 Å². The molecule has 166 valence electrons. The zero-order chi connectivity index (χ0) is 22.3. The average molecular weight is 425 g/mol. The Kier molecular flexibility index (Phi) is 11.1. The highest BCUT2D eigenvalue weighted by Crippen LogP contribution is 2.17. The molecule has 0 radical (unpaired) electrons. The fourth-order valence-electron chi connectivity index (χ4n) is 3.08. The molecule has 0 saturated carbocycles. The summed E-state index contributed by atoms with van der Waals surface area (Å²) in [5.74, 6) is 0.314. The zero-order valence-electron chi connectivity index (χ0n) is 18.2. The van der Waals surface area contributed by atoms with Crippen LogP contribution in [0.2, 0.25) is 0 Å². The molecule has 0 aliphatic rings. The van der Waals surface area contributed by atoms with Crippen LogP contribution >= 0.6 is 0 Å². The summed E-state index contributed by atoms with van der Waals surface area (Å²) in [7, 11) is 0. The fourth-order valence-corrected chi connectivity index (χ4v) is 3.08. The summed E-state index contributed by atoms with van der Waals surface area (Å²) in [6, 6.07) is 14.3. The van der Waals surface area contributed by atoms with Gasteiger partial charge >= 0.3 is 5.97 Å². The summed E-state index contributed by atoms with van der Waals surface area (Å²) in [6.45, 7) is 3.04. The average Bonchev–Trinajstić information content (AvgIpc) is 2.80. The summed E-state index contributed by atoms with van der Waals surface area (Å²) in [4.78, 5) is 24.0. The fraction of sp³-hybridized carbons (Fsp3) is 0.385. The van der Waals surface area contributed by atoms with Crippen molar-refractivity contribution in [1.29, 1.82) is 0 Å². The van der Waals surface area contributed by atoms with Crippen molar-refractivity contribution in [1.82, 2.24) is 0 Å². The van der Waals surface area contributed by atoms with E-state index < -0.39 is 0 Å². The third-order valence-electron chi connectivity index (χ3n) is 4.81. The number of rotatable bonds is 14. The summed E-state index contributed by atoms with van der Waals surface area (Å²) in [5.41, 5.74) is 2.01. The van der Waals surface area contributed by atoms with E-state index in [1.54, 1.807) is 49.4 Å². The van der Waals surface area contributed by atoms with Crippen LogP contribution in [0.15, 0.2) is 54.6 Å². The van der Waals surface area contributed by atoms with Gasteiger partial charge in [-0.05, 0) is 55.7 Å². The van der Waals surface area contributed by atoms with Gasteiger partial charge in [0.2, 0.25) is 0 Å². The molecule has 5 nitrogen and oxygen atoms in total. The standard InChI is InChI=1S/C26H32O5/c1-2-30-25(28)18-11-21-9-12-22(13-10-21)26(29)23-14-16-24(17-15-23)31-20-8-6-4-3-5-7-19-27/h9-18,27H,2-8,19-20H2,1H3. The summed E-state index contributed by atoms with van der Waals surface area (Å²) >= 11 is 0. The molecule has 0 aromatic heterocycles. The molecule has 0 atom stereocenters. The topological polar surface area (TPSA) is 72.8 Å². The first-order chi connectivity index (χ1) is 15.1. The smallest absolute Gasteiger partial charge is 0.330 e. The predicted octanol–water partition coefficient (Wildman–Crippen LogP) is 5.21. The Labute approximate surface area is 184 Å². The third-order valence-corrected chi connectivity index (χ3v) is 4.81. The Morgan fingerprint density at radius 2 is 1.42 bits per heavy atom. The van der Waals surface area contributed by atoms with Gasteiger partial charge in [0.15, 0.2) is 5.78 Å². The predicted molar refractivity (Wildman–Crippen MR) is 122 cm³/mol. The molecule has 0 saturated heterocycles. The second-order valence-corrected chi connectivity index (χ2v) is 7.25. The van der Waals surface area contributed by atoms with Crippen molar-refractivity contribution in [3.8, 4) is 5.75 Å². The van der Waals surface area contributed by atoms with E-state index in [-0.39, 0.29) is 18.4 Å². The molecular formula is C26H32O5. The van der Waals surface area contributed by atoms with Gasteiger partial charge < -0.3 is 14.6 Å².